The molecular weight excluding hydrogens is 350 g/mol. The summed E-state index contributed by atoms with van der Waals surface area (Å²) in [5, 5.41) is 2.41. The third kappa shape index (κ3) is 3.24. The number of likely N-dealkylation sites (tertiary alicyclic amines) is 2. The molecule has 0 bridgehead atoms. The van der Waals surface area contributed by atoms with Gasteiger partial charge in [0.2, 0.25) is 11.8 Å². The van der Waals surface area contributed by atoms with Crippen LogP contribution in [-0.2, 0) is 20.8 Å². The minimum absolute atomic E-state index is 0.00114. The summed E-state index contributed by atoms with van der Waals surface area (Å²) in [7, 11) is 0. The van der Waals surface area contributed by atoms with Gasteiger partial charge in [-0.1, -0.05) is 6.07 Å². The fourth-order valence-electron chi connectivity index (χ4n) is 4.17. The van der Waals surface area contributed by atoms with Crippen molar-refractivity contribution in [2.45, 2.75) is 31.3 Å². The van der Waals surface area contributed by atoms with Crippen LogP contribution in [0.3, 0.4) is 0 Å². The molecule has 0 saturated carbocycles. The maximum Gasteiger partial charge on any atom is 0.325 e. The molecule has 27 heavy (non-hydrogen) atoms. The smallest absolute Gasteiger partial charge is 0.325 e. The summed E-state index contributed by atoms with van der Waals surface area (Å²) >= 11 is 0. The molecule has 0 aromatic carbocycles. The van der Waals surface area contributed by atoms with E-state index in [1.54, 1.807) is 17.3 Å². The zero-order chi connectivity index (χ0) is 19.0. The molecule has 4 heterocycles. The van der Waals surface area contributed by atoms with Crippen molar-refractivity contribution in [1.82, 2.24) is 25.0 Å². The van der Waals surface area contributed by atoms with Crippen LogP contribution in [0.25, 0.3) is 0 Å². The molecule has 3 aliphatic heterocycles. The monoisotopic (exact) mass is 371 g/mol. The van der Waals surface area contributed by atoms with Crippen LogP contribution >= 0.6 is 0 Å². The number of urea groups is 1. The van der Waals surface area contributed by atoms with Gasteiger partial charge in [-0.15, -0.1) is 0 Å². The Balaban J connectivity index is 1.38. The van der Waals surface area contributed by atoms with Crippen molar-refractivity contribution < 1.29 is 19.2 Å². The van der Waals surface area contributed by atoms with E-state index in [4.69, 9.17) is 0 Å². The van der Waals surface area contributed by atoms with Crippen molar-refractivity contribution in [3.63, 3.8) is 0 Å². The molecule has 1 aromatic heterocycles. The highest BCUT2D eigenvalue weighted by molar-refractivity contribution is 6.04. The zero-order valence-electron chi connectivity index (χ0n) is 14.8. The maximum absolute atomic E-state index is 12.6. The molecular formula is C18H21N5O4. The van der Waals surface area contributed by atoms with Crippen molar-refractivity contribution in [2.24, 2.45) is 0 Å². The molecule has 4 rings (SSSR count). The molecule has 1 aromatic rings. The molecule has 3 saturated heterocycles. The molecule has 0 unspecified atom stereocenters. The Morgan fingerprint density at radius 1 is 1.22 bits per heavy atom. The second kappa shape index (κ2) is 6.98. The second-order valence-corrected chi connectivity index (χ2v) is 7.05. The number of carbonyl (C=O) groups is 4. The zero-order valence-corrected chi connectivity index (χ0v) is 14.8. The highest BCUT2D eigenvalue weighted by Crippen LogP contribution is 2.32. The summed E-state index contributed by atoms with van der Waals surface area (Å²) in [4.78, 5) is 57.0. The van der Waals surface area contributed by atoms with Gasteiger partial charge in [0, 0.05) is 31.9 Å². The van der Waals surface area contributed by atoms with Gasteiger partial charge in [-0.25, -0.2) is 4.79 Å². The Kier molecular flexibility index (Phi) is 4.51. The summed E-state index contributed by atoms with van der Waals surface area (Å²) in [5.74, 6) is -0.638. The molecule has 0 aliphatic carbocycles. The second-order valence-electron chi connectivity index (χ2n) is 7.05. The number of amides is 5. The van der Waals surface area contributed by atoms with Gasteiger partial charge >= 0.3 is 6.03 Å². The number of rotatable bonds is 5. The molecule has 9 nitrogen and oxygen atoms in total. The molecule has 0 radical (unpaired) electrons. The van der Waals surface area contributed by atoms with Gasteiger partial charge in [-0.3, -0.25) is 24.3 Å². The maximum atomic E-state index is 12.6. The minimum atomic E-state index is -0.537. The molecule has 0 spiro atoms. The topological polar surface area (TPSA) is 103 Å². The van der Waals surface area contributed by atoms with E-state index in [-0.39, 0.29) is 37.0 Å². The average molecular weight is 371 g/mol. The quantitative estimate of drug-likeness (QED) is 0.695. The summed E-state index contributed by atoms with van der Waals surface area (Å²) in [5.41, 5.74) is 1.07. The third-order valence-corrected chi connectivity index (χ3v) is 5.53. The molecule has 3 fully saturated rings. The molecule has 2 atom stereocenters. The first-order chi connectivity index (χ1) is 13.0. The number of aromatic nitrogens is 1. The number of nitrogens with one attached hydrogen (secondary N) is 1. The lowest BCUT2D eigenvalue weighted by Gasteiger charge is -2.26. The third-order valence-electron chi connectivity index (χ3n) is 5.53. The van der Waals surface area contributed by atoms with Crippen LogP contribution in [-0.4, -0.2) is 81.7 Å². The summed E-state index contributed by atoms with van der Waals surface area (Å²) in [6.45, 7) is 0.797. The van der Waals surface area contributed by atoms with E-state index in [1.165, 1.54) is 0 Å². The lowest BCUT2D eigenvalue weighted by atomic mass is 10.1. The highest BCUT2D eigenvalue weighted by Gasteiger charge is 2.48. The van der Waals surface area contributed by atoms with Crippen molar-refractivity contribution in [1.29, 1.82) is 0 Å². The largest absolute Gasteiger partial charge is 0.337 e. The Bertz CT molecular complexity index is 767. The number of imide groups is 1. The minimum Gasteiger partial charge on any atom is -0.337 e. The molecule has 9 heteroatoms. The fraction of sp³-hybridized carbons (Fsp3) is 0.500. The van der Waals surface area contributed by atoms with Crippen LogP contribution in [0.2, 0.25) is 0 Å². The molecule has 3 aliphatic rings. The fourth-order valence-corrected chi connectivity index (χ4v) is 4.17. The van der Waals surface area contributed by atoms with Crippen molar-refractivity contribution in [2.75, 3.05) is 26.2 Å². The van der Waals surface area contributed by atoms with Gasteiger partial charge in [-0.05, 0) is 24.5 Å². The van der Waals surface area contributed by atoms with E-state index in [0.29, 0.717) is 19.5 Å². The molecule has 142 valence electrons. The predicted molar refractivity (Wildman–Crippen MR) is 93.3 cm³/mol. The number of hydrogen-bond acceptors (Lipinski definition) is 5. The van der Waals surface area contributed by atoms with Crippen LogP contribution in [0.4, 0.5) is 4.79 Å². The van der Waals surface area contributed by atoms with Gasteiger partial charge in [0.15, 0.2) is 0 Å². The summed E-state index contributed by atoms with van der Waals surface area (Å²) < 4.78 is 0. The summed E-state index contributed by atoms with van der Waals surface area (Å²) in [6.07, 6.45) is 5.24. The van der Waals surface area contributed by atoms with Crippen molar-refractivity contribution in [3.05, 3.63) is 30.1 Å². The van der Waals surface area contributed by atoms with Crippen LogP contribution in [0.1, 0.15) is 18.4 Å². The molecule has 5 amide bonds. The Hall–Kier alpha value is -2.97. The van der Waals surface area contributed by atoms with Gasteiger partial charge in [-0.2, -0.15) is 0 Å². The number of pyridine rings is 1. The van der Waals surface area contributed by atoms with E-state index >= 15 is 0 Å². The standard InChI is InChI=1S/C18H21N5O4/c24-15-8-14-13(21(15)6-3-12-2-1-5-19-9-12)4-7-22(14)17(26)11-23-16(25)10-20-18(23)27/h1-2,5,9,13-14H,3-4,6-8,10-11H2,(H,20,27)/t13-,14-/m0/s1. The Morgan fingerprint density at radius 2 is 2.07 bits per heavy atom. The first-order valence-corrected chi connectivity index (χ1v) is 9.10. The number of fused-ring (bicyclic) bond motifs is 1. The van der Waals surface area contributed by atoms with Gasteiger partial charge < -0.3 is 15.1 Å². The average Bonchev–Trinajstić information content (AvgIpc) is 3.30. The van der Waals surface area contributed by atoms with Crippen molar-refractivity contribution in [3.8, 4) is 0 Å². The van der Waals surface area contributed by atoms with Gasteiger partial charge in [0.05, 0.1) is 18.6 Å². The van der Waals surface area contributed by atoms with E-state index in [0.717, 1.165) is 23.3 Å². The van der Waals surface area contributed by atoms with Crippen LogP contribution < -0.4 is 5.32 Å². The van der Waals surface area contributed by atoms with E-state index in [2.05, 4.69) is 10.3 Å². The van der Waals surface area contributed by atoms with E-state index < -0.39 is 11.9 Å². The SMILES string of the molecule is O=C1CNC(=O)N1CC(=O)N1CC[C@H]2[C@@H]1CC(=O)N2CCc1cccnc1. The first-order valence-electron chi connectivity index (χ1n) is 9.10. The van der Waals surface area contributed by atoms with Gasteiger partial charge in [0.1, 0.15) is 6.54 Å². The Morgan fingerprint density at radius 3 is 2.78 bits per heavy atom. The lowest BCUT2D eigenvalue weighted by Crippen LogP contribution is -2.46. The number of carbonyl (C=O) groups excluding carboxylic acids is 4. The molecule has 1 N–H and O–H groups in total. The highest BCUT2D eigenvalue weighted by atomic mass is 16.2. The van der Waals surface area contributed by atoms with Crippen molar-refractivity contribution >= 4 is 23.8 Å². The van der Waals surface area contributed by atoms with E-state index in [1.807, 2.05) is 17.0 Å². The van der Waals surface area contributed by atoms with E-state index in [9.17, 15) is 19.2 Å². The van der Waals surface area contributed by atoms with Crippen LogP contribution in [0.15, 0.2) is 24.5 Å². The normalized spacial score (nSPS) is 24.6. The van der Waals surface area contributed by atoms with Crippen LogP contribution in [0.5, 0.6) is 0 Å². The van der Waals surface area contributed by atoms with Gasteiger partial charge in [0.25, 0.3) is 5.91 Å². The Labute approximate surface area is 156 Å². The number of nitrogens with zero attached hydrogens (tertiary/aromatic N) is 4. The predicted octanol–water partition coefficient (Wildman–Crippen LogP) is -0.622. The summed E-state index contributed by atoms with van der Waals surface area (Å²) in [6, 6.07) is 3.13. The first kappa shape index (κ1) is 17.4. The number of hydrogen-bond donors (Lipinski definition) is 1. The lowest BCUT2D eigenvalue weighted by molar-refractivity contribution is -0.137. The van der Waals surface area contributed by atoms with Crippen LogP contribution in [0, 0.1) is 0 Å².